The maximum Gasteiger partial charge on any atom is 0.472 e. The van der Waals surface area contributed by atoms with Gasteiger partial charge in [0.25, 0.3) is 0 Å². The van der Waals surface area contributed by atoms with E-state index in [1.54, 1.807) is 0 Å². The Labute approximate surface area is 543 Å². The molecule has 8 atom stereocenters. The first-order valence-electron chi connectivity index (χ1n) is 36.3. The van der Waals surface area contributed by atoms with E-state index in [2.05, 4.69) is 55.4 Å². The monoisotopic (exact) mass is 1310 g/mol. The van der Waals surface area contributed by atoms with Gasteiger partial charge in [0.2, 0.25) is 0 Å². The van der Waals surface area contributed by atoms with Crippen LogP contribution in [0, 0.1) is 23.7 Å². The molecule has 0 aliphatic rings. The minimum atomic E-state index is -4.95. The molecule has 0 saturated heterocycles. The summed E-state index contributed by atoms with van der Waals surface area (Å²) in [6.07, 6.45) is 41.5. The van der Waals surface area contributed by atoms with Crippen LogP contribution in [0.1, 0.15) is 344 Å². The van der Waals surface area contributed by atoms with Gasteiger partial charge in [-0.2, -0.15) is 0 Å². The topological polar surface area (TPSA) is 237 Å². The van der Waals surface area contributed by atoms with Gasteiger partial charge in [0.05, 0.1) is 26.4 Å². The Balaban J connectivity index is 5.27. The molecular formula is C70H136O17P2. The smallest absolute Gasteiger partial charge is 0.462 e. The van der Waals surface area contributed by atoms with Gasteiger partial charge in [-0.15, -0.1) is 0 Å². The number of carbonyl (C=O) groups is 4. The summed E-state index contributed by atoms with van der Waals surface area (Å²) in [5, 5.41) is 10.6. The van der Waals surface area contributed by atoms with Crippen LogP contribution in [0.5, 0.6) is 0 Å². The molecule has 0 radical (unpaired) electrons. The Kier molecular flexibility index (Phi) is 58.5. The van der Waals surface area contributed by atoms with Crippen molar-refractivity contribution in [3.8, 4) is 0 Å². The fourth-order valence-electron chi connectivity index (χ4n) is 10.4. The van der Waals surface area contributed by atoms with Gasteiger partial charge in [-0.1, -0.05) is 293 Å². The molecule has 0 aromatic carbocycles. The van der Waals surface area contributed by atoms with Crippen molar-refractivity contribution in [3.63, 3.8) is 0 Å². The standard InChI is InChI=1S/C70H136O17P2/c1-9-61(6)47-39-31-23-17-13-15-18-25-34-42-50-67(72)80-56-65(87-70(75)53-45-37-27-21-20-24-32-40-48-62(7)10-2)58-84-88(76,77)82-54-64(71)55-83-89(78,79)85-59-66(57-81-68(73)51-43-35-29-28-33-41-49-63(8)11-3)86-69(74)52-44-36-26-19-14-12-16-22-30-38-46-60(4)5/h60-66,71H,9-59H2,1-8H3,(H,76,77)(H,78,79)/t61?,62?,63?,64-,65-,66-/m1/s1. The molecule has 0 aromatic heterocycles. The zero-order valence-corrected chi connectivity index (χ0v) is 59.8. The molecule has 528 valence electrons. The Bertz CT molecular complexity index is 1770. The van der Waals surface area contributed by atoms with Crippen molar-refractivity contribution in [1.29, 1.82) is 0 Å². The largest absolute Gasteiger partial charge is 0.472 e. The van der Waals surface area contributed by atoms with Crippen molar-refractivity contribution in [2.75, 3.05) is 39.6 Å². The lowest BCUT2D eigenvalue weighted by Gasteiger charge is -2.21. The summed E-state index contributed by atoms with van der Waals surface area (Å²) in [6, 6.07) is 0. The van der Waals surface area contributed by atoms with E-state index in [1.807, 2.05) is 0 Å². The SMILES string of the molecule is CCC(C)CCCCCCCCCCCCC(=O)OC[C@H](COP(=O)(O)OC[C@@H](O)COP(=O)(O)OC[C@@H](COC(=O)CCCCCCCCC(C)CC)OC(=O)CCCCCCCCCCCCC(C)C)OC(=O)CCCCCCCCCCC(C)CC. The van der Waals surface area contributed by atoms with Crippen LogP contribution in [-0.2, 0) is 65.4 Å². The predicted molar refractivity (Wildman–Crippen MR) is 358 cm³/mol. The lowest BCUT2D eigenvalue weighted by molar-refractivity contribution is -0.161. The third-order valence-electron chi connectivity index (χ3n) is 17.2. The number of phosphoric ester groups is 2. The Hall–Kier alpha value is -1.94. The molecule has 0 saturated carbocycles. The fraction of sp³-hybridized carbons (Fsp3) is 0.943. The lowest BCUT2D eigenvalue weighted by atomic mass is 9.99. The molecule has 0 aliphatic heterocycles. The van der Waals surface area contributed by atoms with Crippen LogP contribution in [0.2, 0.25) is 0 Å². The molecule has 0 bridgehead atoms. The zero-order valence-electron chi connectivity index (χ0n) is 58.1. The van der Waals surface area contributed by atoms with Gasteiger partial charge in [0, 0.05) is 25.7 Å². The van der Waals surface area contributed by atoms with E-state index < -0.39 is 97.5 Å². The first kappa shape index (κ1) is 87.1. The zero-order chi connectivity index (χ0) is 66.1. The van der Waals surface area contributed by atoms with E-state index in [-0.39, 0.29) is 25.7 Å². The summed E-state index contributed by atoms with van der Waals surface area (Å²) in [5.41, 5.74) is 0. The molecule has 3 N–H and O–H groups in total. The highest BCUT2D eigenvalue weighted by Gasteiger charge is 2.30. The van der Waals surface area contributed by atoms with Crippen molar-refractivity contribution in [1.82, 2.24) is 0 Å². The van der Waals surface area contributed by atoms with Crippen LogP contribution in [-0.4, -0.2) is 96.7 Å². The van der Waals surface area contributed by atoms with Gasteiger partial charge in [-0.05, 0) is 49.4 Å². The van der Waals surface area contributed by atoms with Crippen molar-refractivity contribution >= 4 is 39.5 Å². The predicted octanol–water partition coefficient (Wildman–Crippen LogP) is 19.7. The second-order valence-corrected chi connectivity index (χ2v) is 29.4. The number of unbranched alkanes of at least 4 members (excludes halogenated alkanes) is 30. The number of carbonyl (C=O) groups excluding carboxylic acids is 4. The minimum absolute atomic E-state index is 0.104. The summed E-state index contributed by atoms with van der Waals surface area (Å²) >= 11 is 0. The van der Waals surface area contributed by atoms with E-state index in [9.17, 15) is 43.2 Å². The lowest BCUT2D eigenvalue weighted by Crippen LogP contribution is -2.30. The molecule has 0 amide bonds. The van der Waals surface area contributed by atoms with E-state index in [4.69, 9.17) is 37.0 Å². The number of aliphatic hydroxyl groups is 1. The number of ether oxygens (including phenoxy) is 4. The highest BCUT2D eigenvalue weighted by Crippen LogP contribution is 2.45. The van der Waals surface area contributed by atoms with Gasteiger partial charge in [-0.25, -0.2) is 9.13 Å². The highest BCUT2D eigenvalue weighted by atomic mass is 31.2. The minimum Gasteiger partial charge on any atom is -0.462 e. The molecule has 17 nitrogen and oxygen atoms in total. The maximum absolute atomic E-state index is 13.0. The van der Waals surface area contributed by atoms with Gasteiger partial charge in [0.1, 0.15) is 19.3 Å². The van der Waals surface area contributed by atoms with Crippen molar-refractivity contribution in [2.45, 2.75) is 363 Å². The van der Waals surface area contributed by atoms with Gasteiger partial charge in [0.15, 0.2) is 12.2 Å². The van der Waals surface area contributed by atoms with E-state index >= 15 is 0 Å². The van der Waals surface area contributed by atoms with Crippen LogP contribution in [0.4, 0.5) is 0 Å². The summed E-state index contributed by atoms with van der Waals surface area (Å²) < 4.78 is 68.3. The summed E-state index contributed by atoms with van der Waals surface area (Å²) in [5.74, 6) is 0.931. The quantitative estimate of drug-likeness (QED) is 0.0222. The maximum atomic E-state index is 13.0. The van der Waals surface area contributed by atoms with Crippen LogP contribution in [0.15, 0.2) is 0 Å². The molecule has 0 fully saturated rings. The Morgan fingerprint density at radius 3 is 0.798 bits per heavy atom. The number of esters is 4. The highest BCUT2D eigenvalue weighted by molar-refractivity contribution is 7.47. The number of phosphoric acid groups is 2. The van der Waals surface area contributed by atoms with E-state index in [1.165, 1.54) is 141 Å². The van der Waals surface area contributed by atoms with Crippen LogP contribution < -0.4 is 0 Å². The number of hydrogen-bond acceptors (Lipinski definition) is 15. The third-order valence-corrected chi connectivity index (χ3v) is 19.1. The van der Waals surface area contributed by atoms with Crippen molar-refractivity contribution < 1.29 is 80.2 Å². The molecule has 5 unspecified atom stereocenters. The molecule has 19 heteroatoms. The average Bonchev–Trinajstić information content (AvgIpc) is 3.72. The fourth-order valence-corrected chi connectivity index (χ4v) is 12.0. The van der Waals surface area contributed by atoms with Gasteiger partial charge >= 0.3 is 39.5 Å². The number of aliphatic hydroxyl groups excluding tert-OH is 1. The summed E-state index contributed by atoms with van der Waals surface area (Å²) in [4.78, 5) is 72.6. The Morgan fingerprint density at radius 1 is 0.315 bits per heavy atom. The molecule has 0 rings (SSSR count). The first-order chi connectivity index (χ1) is 42.7. The average molecular weight is 1310 g/mol. The van der Waals surface area contributed by atoms with Gasteiger partial charge < -0.3 is 33.8 Å². The molecule has 0 aliphatic carbocycles. The molecule has 0 spiro atoms. The van der Waals surface area contributed by atoms with Crippen LogP contribution >= 0.6 is 15.6 Å². The molecule has 0 heterocycles. The normalized spacial score (nSPS) is 15.2. The Morgan fingerprint density at radius 2 is 0.539 bits per heavy atom. The van der Waals surface area contributed by atoms with Crippen LogP contribution in [0.25, 0.3) is 0 Å². The second-order valence-electron chi connectivity index (χ2n) is 26.5. The third kappa shape index (κ3) is 60.7. The number of hydrogen-bond donors (Lipinski definition) is 3. The second kappa shape index (κ2) is 59.8. The summed E-state index contributed by atoms with van der Waals surface area (Å²) in [6.45, 7) is 14.1. The molecule has 0 aromatic rings. The number of rotatable bonds is 67. The van der Waals surface area contributed by atoms with Gasteiger partial charge in [-0.3, -0.25) is 37.3 Å². The molecular weight excluding hydrogens is 1170 g/mol. The van der Waals surface area contributed by atoms with Crippen molar-refractivity contribution in [3.05, 3.63) is 0 Å². The first-order valence-corrected chi connectivity index (χ1v) is 39.3. The molecule has 89 heavy (non-hydrogen) atoms. The van der Waals surface area contributed by atoms with Crippen LogP contribution in [0.3, 0.4) is 0 Å². The van der Waals surface area contributed by atoms with E-state index in [0.29, 0.717) is 25.7 Å². The van der Waals surface area contributed by atoms with E-state index in [0.717, 1.165) is 120 Å². The van der Waals surface area contributed by atoms with Crippen molar-refractivity contribution in [2.24, 2.45) is 23.7 Å². The summed E-state index contributed by atoms with van der Waals surface area (Å²) in [7, 11) is -9.90.